The summed E-state index contributed by atoms with van der Waals surface area (Å²) < 4.78 is 4.33. The molecule has 0 aliphatic heterocycles. The molecule has 5 nitrogen and oxygen atoms in total. The van der Waals surface area contributed by atoms with Crippen molar-refractivity contribution in [3.63, 3.8) is 0 Å². The van der Waals surface area contributed by atoms with Crippen LogP contribution in [0.3, 0.4) is 0 Å². The second-order valence-electron chi connectivity index (χ2n) is 3.43. The lowest BCUT2D eigenvalue weighted by molar-refractivity contribution is 0.922. The van der Waals surface area contributed by atoms with Gasteiger partial charge in [0, 0.05) is 17.3 Å². The van der Waals surface area contributed by atoms with Crippen LogP contribution in [0.25, 0.3) is 0 Å². The first-order valence-corrected chi connectivity index (χ1v) is 7.10. The topological polar surface area (TPSA) is 75.3 Å². The number of nitrogens with zero attached hydrogens (tertiary/aromatic N) is 5. The van der Waals surface area contributed by atoms with E-state index in [1.54, 1.807) is 13.8 Å². The highest BCUT2D eigenvalue weighted by Gasteiger charge is 2.13. The van der Waals surface area contributed by atoms with Crippen LogP contribution < -0.4 is 0 Å². The van der Waals surface area contributed by atoms with Gasteiger partial charge < -0.3 is 0 Å². The molecule has 0 bridgehead atoms. The zero-order chi connectivity index (χ0) is 13.1. The summed E-state index contributed by atoms with van der Waals surface area (Å²) >= 11 is 8.49. The van der Waals surface area contributed by atoms with Gasteiger partial charge in [-0.2, -0.15) is 5.26 Å². The molecule has 2 aromatic rings. The molecule has 0 aromatic carbocycles. The lowest BCUT2D eigenvalue weighted by atomic mass is 10.3. The first-order chi connectivity index (χ1) is 8.61. The summed E-state index contributed by atoms with van der Waals surface area (Å²) in [6.07, 6.45) is 0. The fraction of sp³-hybridized carbons (Fsp3) is 0.300. The van der Waals surface area contributed by atoms with Crippen molar-refractivity contribution in [3.05, 3.63) is 27.1 Å². The van der Waals surface area contributed by atoms with E-state index in [0.717, 1.165) is 11.5 Å². The molecular weight excluding hydrogens is 290 g/mol. The summed E-state index contributed by atoms with van der Waals surface area (Å²) in [5.41, 5.74) is 1.91. The number of nitriles is 1. The summed E-state index contributed by atoms with van der Waals surface area (Å²) in [6.45, 7) is 3.60. The summed E-state index contributed by atoms with van der Waals surface area (Å²) in [6, 6.07) is 2.12. The van der Waals surface area contributed by atoms with E-state index in [1.807, 2.05) is 0 Å². The minimum atomic E-state index is 0.505. The third kappa shape index (κ3) is 2.77. The van der Waals surface area contributed by atoms with Gasteiger partial charge in [-0.05, 0) is 13.8 Å². The van der Waals surface area contributed by atoms with Gasteiger partial charge in [0.2, 0.25) is 0 Å². The number of aromatic nitrogens is 4. The van der Waals surface area contributed by atoms with Crippen molar-refractivity contribution in [3.8, 4) is 6.07 Å². The Labute approximate surface area is 117 Å². The minimum Gasteiger partial charge on any atom is -0.237 e. The van der Waals surface area contributed by atoms with Gasteiger partial charge in [0.1, 0.15) is 32.5 Å². The molecule has 0 radical (unpaired) electrons. The molecule has 0 N–H and O–H groups in total. The highest BCUT2D eigenvalue weighted by atomic mass is 35.5. The maximum atomic E-state index is 9.11. The van der Waals surface area contributed by atoms with Crippen LogP contribution in [0.2, 0.25) is 4.34 Å². The van der Waals surface area contributed by atoms with E-state index in [9.17, 15) is 0 Å². The predicted molar refractivity (Wildman–Crippen MR) is 70.7 cm³/mol. The molecule has 92 valence electrons. The lowest BCUT2D eigenvalue weighted by Gasteiger charge is -2.05. The SMILES string of the molecule is Cc1nc(C)c(C#N)c(SCc2nnsc2Cl)n1. The molecule has 0 spiro atoms. The normalized spacial score (nSPS) is 10.3. The Morgan fingerprint density at radius 3 is 2.78 bits per heavy atom. The standard InChI is InChI=1S/C10H8ClN5S2/c1-5-7(3-12)10(14-6(2)13-5)17-4-8-9(11)18-16-15-8/h4H2,1-2H3. The van der Waals surface area contributed by atoms with Crippen LogP contribution in [0, 0.1) is 25.2 Å². The molecule has 0 atom stereocenters. The van der Waals surface area contributed by atoms with E-state index in [1.165, 1.54) is 11.8 Å². The van der Waals surface area contributed by atoms with E-state index in [4.69, 9.17) is 16.9 Å². The predicted octanol–water partition coefficient (Wildman–Crippen LogP) is 2.76. The highest BCUT2D eigenvalue weighted by Crippen LogP contribution is 2.28. The number of halogens is 1. The van der Waals surface area contributed by atoms with Crippen molar-refractivity contribution >= 4 is 34.9 Å². The maximum Gasteiger partial charge on any atom is 0.138 e. The molecule has 0 fully saturated rings. The van der Waals surface area contributed by atoms with Crippen molar-refractivity contribution in [1.29, 1.82) is 5.26 Å². The highest BCUT2D eigenvalue weighted by molar-refractivity contribution is 7.98. The Bertz CT molecular complexity index is 619. The second kappa shape index (κ2) is 5.61. The van der Waals surface area contributed by atoms with Gasteiger partial charge in [0.05, 0.1) is 5.69 Å². The average molecular weight is 298 g/mol. The summed E-state index contributed by atoms with van der Waals surface area (Å²) in [4.78, 5) is 8.44. The number of hydrogen-bond acceptors (Lipinski definition) is 7. The van der Waals surface area contributed by atoms with Gasteiger partial charge in [0.25, 0.3) is 0 Å². The zero-order valence-electron chi connectivity index (χ0n) is 9.64. The molecule has 0 saturated heterocycles. The van der Waals surface area contributed by atoms with Gasteiger partial charge in [-0.25, -0.2) is 9.97 Å². The van der Waals surface area contributed by atoms with Gasteiger partial charge in [-0.15, -0.1) is 5.10 Å². The zero-order valence-corrected chi connectivity index (χ0v) is 12.0. The molecule has 18 heavy (non-hydrogen) atoms. The molecule has 2 heterocycles. The van der Waals surface area contributed by atoms with Crippen molar-refractivity contribution < 1.29 is 0 Å². The number of aryl methyl sites for hydroxylation is 2. The Hall–Kier alpha value is -1.23. The largest absolute Gasteiger partial charge is 0.237 e. The van der Waals surface area contributed by atoms with E-state index in [0.29, 0.717) is 37.9 Å². The summed E-state index contributed by atoms with van der Waals surface area (Å²) in [5.74, 6) is 1.19. The van der Waals surface area contributed by atoms with Gasteiger partial charge in [-0.1, -0.05) is 27.9 Å². The molecule has 0 unspecified atom stereocenters. The molecule has 8 heteroatoms. The van der Waals surface area contributed by atoms with Crippen molar-refractivity contribution in [2.75, 3.05) is 0 Å². The number of hydrogen-bond donors (Lipinski definition) is 0. The fourth-order valence-corrected chi connectivity index (χ4v) is 3.14. The van der Waals surface area contributed by atoms with Crippen molar-refractivity contribution in [2.24, 2.45) is 0 Å². The quantitative estimate of drug-likeness (QED) is 0.640. The molecule has 0 aliphatic carbocycles. The van der Waals surface area contributed by atoms with E-state index in [2.05, 4.69) is 25.6 Å². The third-order valence-electron chi connectivity index (χ3n) is 2.14. The summed E-state index contributed by atoms with van der Waals surface area (Å²) in [5, 5.41) is 13.7. The van der Waals surface area contributed by atoms with E-state index < -0.39 is 0 Å². The fourth-order valence-electron chi connectivity index (χ4n) is 1.33. The van der Waals surface area contributed by atoms with Crippen LogP contribution >= 0.6 is 34.9 Å². The van der Waals surface area contributed by atoms with Crippen LogP contribution in [-0.4, -0.2) is 19.6 Å². The van der Waals surface area contributed by atoms with Gasteiger partial charge in [0.15, 0.2) is 0 Å². The third-order valence-corrected chi connectivity index (χ3v) is 4.11. The lowest BCUT2D eigenvalue weighted by Crippen LogP contribution is -1.99. The van der Waals surface area contributed by atoms with Crippen LogP contribution in [-0.2, 0) is 5.75 Å². The molecule has 0 saturated carbocycles. The van der Waals surface area contributed by atoms with Crippen LogP contribution in [0.15, 0.2) is 5.03 Å². The molecule has 2 aromatic heterocycles. The Morgan fingerprint density at radius 1 is 1.39 bits per heavy atom. The Balaban J connectivity index is 2.24. The van der Waals surface area contributed by atoms with Crippen molar-refractivity contribution in [1.82, 2.24) is 19.6 Å². The van der Waals surface area contributed by atoms with Gasteiger partial charge >= 0.3 is 0 Å². The molecule has 0 aliphatic rings. The smallest absolute Gasteiger partial charge is 0.138 e. The van der Waals surface area contributed by atoms with Crippen LogP contribution in [0.1, 0.15) is 22.8 Å². The molecule has 0 amide bonds. The van der Waals surface area contributed by atoms with Crippen molar-refractivity contribution in [2.45, 2.75) is 24.6 Å². The molecular formula is C10H8ClN5S2. The van der Waals surface area contributed by atoms with E-state index >= 15 is 0 Å². The maximum absolute atomic E-state index is 9.11. The average Bonchev–Trinajstić information content (AvgIpc) is 2.71. The first-order valence-electron chi connectivity index (χ1n) is 4.96. The Kier molecular flexibility index (Phi) is 4.11. The second-order valence-corrected chi connectivity index (χ2v) is 5.75. The minimum absolute atomic E-state index is 0.505. The molecule has 2 rings (SSSR count). The number of rotatable bonds is 3. The van der Waals surface area contributed by atoms with E-state index in [-0.39, 0.29) is 0 Å². The number of thioether (sulfide) groups is 1. The first kappa shape index (κ1) is 13.2. The van der Waals surface area contributed by atoms with Gasteiger partial charge in [-0.3, -0.25) is 0 Å². The monoisotopic (exact) mass is 297 g/mol. The van der Waals surface area contributed by atoms with Crippen LogP contribution in [0.5, 0.6) is 0 Å². The van der Waals surface area contributed by atoms with Crippen LogP contribution in [0.4, 0.5) is 0 Å². The Morgan fingerprint density at radius 2 is 2.17 bits per heavy atom. The summed E-state index contributed by atoms with van der Waals surface area (Å²) in [7, 11) is 0.